The summed E-state index contributed by atoms with van der Waals surface area (Å²) in [6.07, 6.45) is 0. The molecule has 0 spiro atoms. The van der Waals surface area contributed by atoms with Crippen molar-refractivity contribution in [1.29, 1.82) is 0 Å². The number of anilines is 2. The molecule has 0 fully saturated rings. The molecule has 0 heterocycles. The highest BCUT2D eigenvalue weighted by molar-refractivity contribution is 5.94. The summed E-state index contributed by atoms with van der Waals surface area (Å²) in [4.78, 5) is 12.1. The third kappa shape index (κ3) is 5.19. The summed E-state index contributed by atoms with van der Waals surface area (Å²) in [6.45, 7) is 7.13. The highest BCUT2D eigenvalue weighted by Gasteiger charge is 2.08. The summed E-state index contributed by atoms with van der Waals surface area (Å²) in [5.41, 5.74) is 2.75. The zero-order valence-corrected chi connectivity index (χ0v) is 14.4. The monoisotopic (exact) mass is 328 g/mol. The quantitative estimate of drug-likeness (QED) is 0.773. The fourth-order valence-corrected chi connectivity index (χ4v) is 2.27. The van der Waals surface area contributed by atoms with Gasteiger partial charge in [0.05, 0.1) is 19.8 Å². The van der Waals surface area contributed by atoms with Crippen molar-refractivity contribution in [2.24, 2.45) is 0 Å². The average molecular weight is 328 g/mol. The number of hydrogen-bond donors (Lipinski definition) is 2. The predicted octanol–water partition coefficient (Wildman–Crippen LogP) is 3.84. The normalized spacial score (nSPS) is 10.1. The van der Waals surface area contributed by atoms with Gasteiger partial charge in [-0.25, -0.2) is 0 Å². The van der Waals surface area contributed by atoms with E-state index in [0.29, 0.717) is 30.4 Å². The SMILES string of the molecule is CCOc1ccc(NC(=O)CNc2cccc(C)c2)cc1OCC. The van der Waals surface area contributed by atoms with Gasteiger partial charge in [0.25, 0.3) is 0 Å². The summed E-state index contributed by atoms with van der Waals surface area (Å²) < 4.78 is 11.1. The number of benzene rings is 2. The van der Waals surface area contributed by atoms with Crippen LogP contribution in [0.5, 0.6) is 11.5 Å². The minimum absolute atomic E-state index is 0.122. The lowest BCUT2D eigenvalue weighted by molar-refractivity contribution is -0.114. The molecule has 0 aliphatic rings. The Hall–Kier alpha value is -2.69. The van der Waals surface area contributed by atoms with Crippen LogP contribution in [0.1, 0.15) is 19.4 Å². The molecule has 2 rings (SSSR count). The number of carbonyl (C=O) groups excluding carboxylic acids is 1. The molecule has 0 aliphatic carbocycles. The van der Waals surface area contributed by atoms with Crippen molar-refractivity contribution >= 4 is 17.3 Å². The summed E-state index contributed by atoms with van der Waals surface area (Å²) in [6, 6.07) is 13.3. The Bertz CT molecular complexity index is 686. The van der Waals surface area contributed by atoms with Crippen LogP contribution < -0.4 is 20.1 Å². The molecule has 0 saturated carbocycles. The lowest BCUT2D eigenvalue weighted by Crippen LogP contribution is -2.21. The number of rotatable bonds is 8. The van der Waals surface area contributed by atoms with Crippen molar-refractivity contribution in [1.82, 2.24) is 0 Å². The van der Waals surface area contributed by atoms with Crippen LogP contribution in [-0.4, -0.2) is 25.7 Å². The van der Waals surface area contributed by atoms with E-state index in [1.807, 2.05) is 45.0 Å². The molecule has 128 valence electrons. The van der Waals surface area contributed by atoms with Crippen LogP contribution in [0, 0.1) is 6.92 Å². The van der Waals surface area contributed by atoms with E-state index >= 15 is 0 Å². The molecular weight excluding hydrogens is 304 g/mol. The molecule has 0 aliphatic heterocycles. The number of carbonyl (C=O) groups is 1. The zero-order valence-electron chi connectivity index (χ0n) is 14.4. The third-order valence-electron chi connectivity index (χ3n) is 3.30. The maximum atomic E-state index is 12.1. The van der Waals surface area contributed by atoms with Gasteiger partial charge in [-0.3, -0.25) is 4.79 Å². The van der Waals surface area contributed by atoms with E-state index in [1.54, 1.807) is 18.2 Å². The smallest absolute Gasteiger partial charge is 0.243 e. The fraction of sp³-hybridized carbons (Fsp3) is 0.316. The number of aryl methyl sites for hydroxylation is 1. The van der Waals surface area contributed by atoms with E-state index in [2.05, 4.69) is 10.6 Å². The second kappa shape index (κ2) is 8.82. The lowest BCUT2D eigenvalue weighted by Gasteiger charge is -2.13. The average Bonchev–Trinajstić information content (AvgIpc) is 2.56. The zero-order chi connectivity index (χ0) is 17.4. The van der Waals surface area contributed by atoms with Gasteiger partial charge in [-0.15, -0.1) is 0 Å². The summed E-state index contributed by atoms with van der Waals surface area (Å²) in [7, 11) is 0. The number of nitrogens with one attached hydrogen (secondary N) is 2. The molecule has 2 aromatic carbocycles. The minimum Gasteiger partial charge on any atom is -0.490 e. The Morgan fingerprint density at radius 1 is 0.958 bits per heavy atom. The highest BCUT2D eigenvalue weighted by atomic mass is 16.5. The fourth-order valence-electron chi connectivity index (χ4n) is 2.27. The molecule has 0 radical (unpaired) electrons. The Morgan fingerprint density at radius 3 is 2.42 bits per heavy atom. The van der Waals surface area contributed by atoms with E-state index in [-0.39, 0.29) is 12.5 Å². The van der Waals surface area contributed by atoms with Crippen LogP contribution in [0.4, 0.5) is 11.4 Å². The third-order valence-corrected chi connectivity index (χ3v) is 3.30. The Labute approximate surface area is 143 Å². The molecule has 5 heteroatoms. The first-order valence-corrected chi connectivity index (χ1v) is 8.12. The first kappa shape index (κ1) is 17.7. The number of ether oxygens (including phenoxy) is 2. The Kier molecular flexibility index (Phi) is 6.49. The van der Waals surface area contributed by atoms with Gasteiger partial charge in [0.15, 0.2) is 11.5 Å². The lowest BCUT2D eigenvalue weighted by atomic mass is 10.2. The van der Waals surface area contributed by atoms with Gasteiger partial charge < -0.3 is 20.1 Å². The van der Waals surface area contributed by atoms with Gasteiger partial charge in [0, 0.05) is 17.4 Å². The molecule has 0 bridgehead atoms. The molecule has 24 heavy (non-hydrogen) atoms. The van der Waals surface area contributed by atoms with Gasteiger partial charge in [0.1, 0.15) is 0 Å². The van der Waals surface area contributed by atoms with Crippen LogP contribution in [0.2, 0.25) is 0 Å². The maximum Gasteiger partial charge on any atom is 0.243 e. The summed E-state index contributed by atoms with van der Waals surface area (Å²) >= 11 is 0. The molecule has 5 nitrogen and oxygen atoms in total. The molecule has 0 atom stereocenters. The minimum atomic E-state index is -0.122. The van der Waals surface area contributed by atoms with Gasteiger partial charge in [-0.05, 0) is 50.6 Å². The highest BCUT2D eigenvalue weighted by Crippen LogP contribution is 2.30. The van der Waals surface area contributed by atoms with E-state index in [1.165, 1.54) is 0 Å². The van der Waals surface area contributed by atoms with E-state index < -0.39 is 0 Å². The second-order valence-corrected chi connectivity index (χ2v) is 5.30. The molecular formula is C19H24N2O3. The van der Waals surface area contributed by atoms with Crippen molar-refractivity contribution < 1.29 is 14.3 Å². The van der Waals surface area contributed by atoms with Crippen molar-refractivity contribution in [2.75, 3.05) is 30.4 Å². The largest absolute Gasteiger partial charge is 0.490 e. The van der Waals surface area contributed by atoms with Crippen LogP contribution >= 0.6 is 0 Å². The van der Waals surface area contributed by atoms with Crippen LogP contribution in [0.15, 0.2) is 42.5 Å². The van der Waals surface area contributed by atoms with Gasteiger partial charge in [-0.2, -0.15) is 0 Å². The second-order valence-electron chi connectivity index (χ2n) is 5.30. The van der Waals surface area contributed by atoms with Crippen molar-refractivity contribution in [3.8, 4) is 11.5 Å². The summed E-state index contributed by atoms with van der Waals surface area (Å²) in [5, 5.41) is 5.97. The first-order chi connectivity index (χ1) is 11.6. The van der Waals surface area contributed by atoms with Crippen LogP contribution in [-0.2, 0) is 4.79 Å². The van der Waals surface area contributed by atoms with Crippen LogP contribution in [0.3, 0.4) is 0 Å². The van der Waals surface area contributed by atoms with Gasteiger partial charge in [-0.1, -0.05) is 12.1 Å². The van der Waals surface area contributed by atoms with Crippen molar-refractivity contribution in [3.05, 3.63) is 48.0 Å². The van der Waals surface area contributed by atoms with Gasteiger partial charge in [0.2, 0.25) is 5.91 Å². The molecule has 1 amide bonds. The van der Waals surface area contributed by atoms with E-state index in [0.717, 1.165) is 11.3 Å². The molecule has 0 saturated heterocycles. The molecule has 2 N–H and O–H groups in total. The molecule has 0 aromatic heterocycles. The summed E-state index contributed by atoms with van der Waals surface area (Å²) in [5.74, 6) is 1.18. The van der Waals surface area contributed by atoms with Gasteiger partial charge >= 0.3 is 0 Å². The number of hydrogen-bond acceptors (Lipinski definition) is 4. The Balaban J connectivity index is 1.96. The maximum absolute atomic E-state index is 12.1. The molecule has 2 aromatic rings. The van der Waals surface area contributed by atoms with E-state index in [9.17, 15) is 4.79 Å². The topological polar surface area (TPSA) is 59.6 Å². The predicted molar refractivity (Wildman–Crippen MR) is 97.1 cm³/mol. The van der Waals surface area contributed by atoms with Crippen molar-refractivity contribution in [2.45, 2.75) is 20.8 Å². The first-order valence-electron chi connectivity index (χ1n) is 8.12. The van der Waals surface area contributed by atoms with E-state index in [4.69, 9.17) is 9.47 Å². The number of amides is 1. The van der Waals surface area contributed by atoms with Crippen LogP contribution in [0.25, 0.3) is 0 Å². The molecule has 0 unspecified atom stereocenters. The van der Waals surface area contributed by atoms with Crippen molar-refractivity contribution in [3.63, 3.8) is 0 Å². The standard InChI is InChI=1S/C19H24N2O3/c1-4-23-17-10-9-16(12-18(17)24-5-2)21-19(22)13-20-15-8-6-7-14(3)11-15/h6-12,20H,4-5,13H2,1-3H3,(H,21,22). The Morgan fingerprint density at radius 2 is 1.71 bits per heavy atom.